The fourth-order valence-electron chi connectivity index (χ4n) is 2.31. The summed E-state index contributed by atoms with van der Waals surface area (Å²) in [4.78, 5) is 30.3. The molecule has 2 N–H and O–H groups in total. The van der Waals surface area contributed by atoms with Crippen LogP contribution in [0.25, 0.3) is 0 Å². The van der Waals surface area contributed by atoms with E-state index >= 15 is 0 Å². The Morgan fingerprint density at radius 2 is 2.10 bits per heavy atom. The van der Waals surface area contributed by atoms with Crippen molar-refractivity contribution in [2.24, 2.45) is 0 Å². The van der Waals surface area contributed by atoms with Crippen molar-refractivity contribution in [3.05, 3.63) is 27.9 Å². The minimum Gasteiger partial charge on any atom is -0.347 e. The summed E-state index contributed by atoms with van der Waals surface area (Å²) < 4.78 is 22.7. The summed E-state index contributed by atoms with van der Waals surface area (Å²) in [7, 11) is -3.05. The summed E-state index contributed by atoms with van der Waals surface area (Å²) >= 11 is 0. The third-order valence-corrected chi connectivity index (χ3v) is 5.29. The van der Waals surface area contributed by atoms with E-state index in [0.717, 1.165) is 18.9 Å². The van der Waals surface area contributed by atoms with Crippen molar-refractivity contribution in [3.63, 3.8) is 0 Å². The lowest BCUT2D eigenvalue weighted by atomic mass is 10.2. The van der Waals surface area contributed by atoms with Crippen molar-refractivity contribution in [2.45, 2.75) is 31.2 Å². The number of aromatic nitrogens is 2. The van der Waals surface area contributed by atoms with Gasteiger partial charge in [-0.15, -0.1) is 0 Å². The van der Waals surface area contributed by atoms with Crippen LogP contribution >= 0.6 is 0 Å². The molecule has 108 valence electrons. The standard InChI is InChI=1S/C12H15N3O4S/c16-10-5-9(14-11(15-10)7-1-2-7)12(17)13-8-3-4-20(18,19)6-8/h5,7-8H,1-4,6H2,(H,13,17)(H,14,15,16). The average molecular weight is 297 g/mol. The van der Waals surface area contributed by atoms with Gasteiger partial charge in [0.15, 0.2) is 9.84 Å². The van der Waals surface area contributed by atoms with Crippen LogP contribution in [0.5, 0.6) is 0 Å². The molecule has 2 fully saturated rings. The van der Waals surface area contributed by atoms with Gasteiger partial charge in [0.25, 0.3) is 11.5 Å². The quantitative estimate of drug-likeness (QED) is 0.786. The molecule has 8 heteroatoms. The Hall–Kier alpha value is -1.70. The second kappa shape index (κ2) is 4.69. The van der Waals surface area contributed by atoms with E-state index in [9.17, 15) is 18.0 Å². The number of aromatic amines is 1. The molecule has 0 radical (unpaired) electrons. The first-order chi connectivity index (χ1) is 9.43. The summed E-state index contributed by atoms with van der Waals surface area (Å²) in [5.41, 5.74) is -0.300. The first-order valence-corrected chi connectivity index (χ1v) is 8.38. The number of nitrogens with zero attached hydrogens (tertiary/aromatic N) is 1. The van der Waals surface area contributed by atoms with Gasteiger partial charge in [-0.3, -0.25) is 9.59 Å². The van der Waals surface area contributed by atoms with E-state index in [1.54, 1.807) is 0 Å². The van der Waals surface area contributed by atoms with Gasteiger partial charge in [0.05, 0.1) is 11.5 Å². The first kappa shape index (κ1) is 13.3. The molecule has 0 aromatic carbocycles. The van der Waals surface area contributed by atoms with Crippen LogP contribution in [0.2, 0.25) is 0 Å². The minimum absolute atomic E-state index is 0.0442. The lowest BCUT2D eigenvalue weighted by Gasteiger charge is -2.10. The van der Waals surface area contributed by atoms with Crippen molar-refractivity contribution in [1.29, 1.82) is 0 Å². The van der Waals surface area contributed by atoms with Crippen LogP contribution in [0.4, 0.5) is 0 Å². The highest BCUT2D eigenvalue weighted by molar-refractivity contribution is 7.91. The monoisotopic (exact) mass is 297 g/mol. The van der Waals surface area contributed by atoms with Crippen molar-refractivity contribution in [1.82, 2.24) is 15.3 Å². The van der Waals surface area contributed by atoms with Gasteiger partial charge in [-0.1, -0.05) is 0 Å². The summed E-state index contributed by atoms with van der Waals surface area (Å²) in [5, 5.41) is 2.63. The molecule has 3 rings (SSSR count). The Morgan fingerprint density at radius 1 is 1.35 bits per heavy atom. The van der Waals surface area contributed by atoms with Crippen LogP contribution in [0.1, 0.15) is 41.5 Å². The number of amides is 1. The Kier molecular flexibility index (Phi) is 3.12. The Balaban J connectivity index is 1.75. The number of carbonyl (C=O) groups is 1. The largest absolute Gasteiger partial charge is 0.347 e. The van der Waals surface area contributed by atoms with E-state index < -0.39 is 21.8 Å². The lowest BCUT2D eigenvalue weighted by Crippen LogP contribution is -2.36. The number of rotatable bonds is 3. The van der Waals surface area contributed by atoms with Crippen LogP contribution in [-0.2, 0) is 9.84 Å². The van der Waals surface area contributed by atoms with Crippen LogP contribution in [0.3, 0.4) is 0 Å². The third-order valence-electron chi connectivity index (χ3n) is 3.52. The summed E-state index contributed by atoms with van der Waals surface area (Å²) in [6, 6.07) is 0.753. The molecule has 2 heterocycles. The van der Waals surface area contributed by atoms with Crippen molar-refractivity contribution < 1.29 is 13.2 Å². The molecule has 0 bridgehead atoms. The Labute approximate surface area is 115 Å². The number of nitrogens with one attached hydrogen (secondary N) is 2. The van der Waals surface area contributed by atoms with Crippen LogP contribution in [0.15, 0.2) is 10.9 Å². The topological polar surface area (TPSA) is 109 Å². The van der Waals surface area contributed by atoms with E-state index in [1.165, 1.54) is 0 Å². The van der Waals surface area contributed by atoms with Gasteiger partial charge >= 0.3 is 0 Å². The fraction of sp³-hybridized carbons (Fsp3) is 0.583. The Bertz CT molecular complexity index is 706. The molecule has 2 aliphatic rings. The third kappa shape index (κ3) is 2.90. The molecule has 1 aliphatic heterocycles. The molecule has 1 amide bonds. The van der Waals surface area contributed by atoms with Gasteiger partial charge in [0.1, 0.15) is 11.5 Å². The highest BCUT2D eigenvalue weighted by Gasteiger charge is 2.30. The molecule has 1 saturated heterocycles. The van der Waals surface area contributed by atoms with Crippen LogP contribution in [-0.4, -0.2) is 41.8 Å². The smallest absolute Gasteiger partial charge is 0.270 e. The molecular weight excluding hydrogens is 282 g/mol. The molecule has 0 spiro atoms. The lowest BCUT2D eigenvalue weighted by molar-refractivity contribution is 0.0935. The minimum atomic E-state index is -3.05. The molecule has 1 aromatic heterocycles. The molecule has 20 heavy (non-hydrogen) atoms. The number of sulfone groups is 1. The first-order valence-electron chi connectivity index (χ1n) is 6.55. The van der Waals surface area contributed by atoms with Gasteiger partial charge in [0.2, 0.25) is 0 Å². The van der Waals surface area contributed by atoms with Crippen molar-refractivity contribution >= 4 is 15.7 Å². The maximum atomic E-state index is 12.0. The van der Waals surface area contributed by atoms with Crippen LogP contribution < -0.4 is 10.9 Å². The zero-order valence-electron chi connectivity index (χ0n) is 10.8. The molecule has 1 saturated carbocycles. The molecule has 1 aromatic rings. The van der Waals surface area contributed by atoms with Gasteiger partial charge in [-0.2, -0.15) is 0 Å². The van der Waals surface area contributed by atoms with Crippen molar-refractivity contribution in [2.75, 3.05) is 11.5 Å². The van der Waals surface area contributed by atoms with E-state index in [0.29, 0.717) is 12.2 Å². The summed E-state index contributed by atoms with van der Waals surface area (Å²) in [6.07, 6.45) is 2.34. The number of H-pyrrole nitrogens is 1. The van der Waals surface area contributed by atoms with E-state index in [1.807, 2.05) is 0 Å². The maximum Gasteiger partial charge on any atom is 0.270 e. The van der Waals surface area contributed by atoms with E-state index in [-0.39, 0.29) is 28.7 Å². The molecule has 1 atom stereocenters. The van der Waals surface area contributed by atoms with Gasteiger partial charge in [-0.05, 0) is 19.3 Å². The van der Waals surface area contributed by atoms with E-state index in [4.69, 9.17) is 0 Å². The normalized spacial score (nSPS) is 24.5. The Morgan fingerprint density at radius 3 is 2.70 bits per heavy atom. The molecule has 7 nitrogen and oxygen atoms in total. The molecule has 1 unspecified atom stereocenters. The van der Waals surface area contributed by atoms with Crippen LogP contribution in [0, 0.1) is 0 Å². The number of carbonyl (C=O) groups excluding carboxylic acids is 1. The predicted molar refractivity (Wildman–Crippen MR) is 71.4 cm³/mol. The SMILES string of the molecule is O=C(NC1CCS(=O)(=O)C1)c1cc(=O)[nH]c(C2CC2)n1. The fourth-order valence-corrected chi connectivity index (χ4v) is 3.98. The molecule has 1 aliphatic carbocycles. The highest BCUT2D eigenvalue weighted by Crippen LogP contribution is 2.37. The van der Waals surface area contributed by atoms with Gasteiger partial charge < -0.3 is 10.3 Å². The zero-order valence-corrected chi connectivity index (χ0v) is 11.6. The number of hydrogen-bond donors (Lipinski definition) is 2. The molecular formula is C12H15N3O4S. The van der Waals surface area contributed by atoms with E-state index in [2.05, 4.69) is 15.3 Å². The maximum absolute atomic E-state index is 12.0. The predicted octanol–water partition coefficient (Wildman–Crippen LogP) is -0.436. The van der Waals surface area contributed by atoms with Crippen molar-refractivity contribution in [3.8, 4) is 0 Å². The zero-order chi connectivity index (χ0) is 14.3. The summed E-state index contributed by atoms with van der Waals surface area (Å²) in [5.74, 6) is 0.343. The van der Waals surface area contributed by atoms with Gasteiger partial charge in [0, 0.05) is 18.0 Å². The van der Waals surface area contributed by atoms with Gasteiger partial charge in [-0.25, -0.2) is 13.4 Å². The highest BCUT2D eigenvalue weighted by atomic mass is 32.2. The number of hydrogen-bond acceptors (Lipinski definition) is 5. The second-order valence-corrected chi connectivity index (χ2v) is 7.59. The summed E-state index contributed by atoms with van der Waals surface area (Å²) in [6.45, 7) is 0. The second-order valence-electron chi connectivity index (χ2n) is 5.36. The average Bonchev–Trinajstić information content (AvgIpc) is 3.14.